The molecule has 0 aliphatic heterocycles. The lowest BCUT2D eigenvalue weighted by Gasteiger charge is -2.15. The monoisotopic (exact) mass is 446 g/mol. The van der Waals surface area contributed by atoms with Gasteiger partial charge in [-0.1, -0.05) is 88.7 Å². The lowest BCUT2D eigenvalue weighted by atomic mass is 9.89. The van der Waals surface area contributed by atoms with Crippen molar-refractivity contribution < 1.29 is 4.42 Å². The normalized spacial score (nSPS) is 12.2. The predicted octanol–water partition coefficient (Wildman–Crippen LogP) is 8.91. The molecule has 0 fully saturated rings. The van der Waals surface area contributed by atoms with E-state index in [1.807, 2.05) is 12.1 Å². The average Bonchev–Trinajstić information content (AvgIpc) is 3.17. The minimum atomic E-state index is 0.932. The van der Waals surface area contributed by atoms with Crippen LogP contribution < -0.4 is 0 Å². The van der Waals surface area contributed by atoms with Crippen LogP contribution in [-0.2, 0) is 0 Å². The molecule has 0 spiro atoms. The van der Waals surface area contributed by atoms with E-state index in [4.69, 9.17) is 4.42 Å². The molecule has 7 aromatic rings. The quantitative estimate of drug-likeness (QED) is 0.229. The molecule has 7 rings (SSSR count). The van der Waals surface area contributed by atoms with Gasteiger partial charge in [0.05, 0.1) is 0 Å². The molecule has 0 radical (unpaired) electrons. The summed E-state index contributed by atoms with van der Waals surface area (Å²) in [7, 11) is 0. The van der Waals surface area contributed by atoms with Crippen molar-refractivity contribution >= 4 is 70.2 Å². The first kappa shape index (κ1) is 16.4. The van der Waals surface area contributed by atoms with Crippen molar-refractivity contribution in [2.45, 2.75) is 0 Å². The van der Waals surface area contributed by atoms with E-state index in [0.717, 1.165) is 21.0 Å². The van der Waals surface area contributed by atoms with E-state index in [9.17, 15) is 0 Å². The van der Waals surface area contributed by atoms with Crippen molar-refractivity contribution in [2.75, 3.05) is 0 Å². The van der Waals surface area contributed by atoms with Crippen molar-refractivity contribution in [1.29, 1.82) is 0 Å². The Morgan fingerprint density at radius 3 is 2.07 bits per heavy atom. The molecule has 0 amide bonds. The second-order valence-corrected chi connectivity index (χ2v) is 8.71. The van der Waals surface area contributed by atoms with Crippen LogP contribution in [0.4, 0.5) is 0 Å². The van der Waals surface area contributed by atoms with Crippen LogP contribution in [0.3, 0.4) is 0 Å². The predicted molar refractivity (Wildman–Crippen MR) is 131 cm³/mol. The Morgan fingerprint density at radius 2 is 1.17 bits per heavy atom. The average molecular weight is 447 g/mol. The van der Waals surface area contributed by atoms with Crippen LogP contribution >= 0.6 is 15.9 Å². The number of benzene rings is 6. The van der Waals surface area contributed by atoms with Crippen molar-refractivity contribution in [2.24, 2.45) is 0 Å². The number of rotatable bonds is 1. The zero-order valence-electron chi connectivity index (χ0n) is 15.9. The van der Waals surface area contributed by atoms with Gasteiger partial charge >= 0.3 is 0 Å². The molecule has 0 bridgehead atoms. The van der Waals surface area contributed by atoms with E-state index >= 15 is 0 Å². The molecule has 1 aromatic heterocycles. The van der Waals surface area contributed by atoms with Gasteiger partial charge in [0.25, 0.3) is 0 Å². The molecule has 0 saturated heterocycles. The summed E-state index contributed by atoms with van der Waals surface area (Å²) < 4.78 is 7.29. The van der Waals surface area contributed by atoms with Gasteiger partial charge in [0, 0.05) is 15.2 Å². The van der Waals surface area contributed by atoms with E-state index < -0.39 is 0 Å². The van der Waals surface area contributed by atoms with Gasteiger partial charge in [-0.25, -0.2) is 0 Å². The highest BCUT2D eigenvalue weighted by molar-refractivity contribution is 9.10. The van der Waals surface area contributed by atoms with Crippen molar-refractivity contribution in [1.82, 2.24) is 0 Å². The van der Waals surface area contributed by atoms with Crippen LogP contribution in [0.25, 0.3) is 65.4 Å². The Hall–Kier alpha value is -3.36. The van der Waals surface area contributed by atoms with Gasteiger partial charge in [0.2, 0.25) is 0 Å². The lowest BCUT2D eigenvalue weighted by Crippen LogP contribution is -1.88. The number of halogens is 1. The molecule has 6 aromatic carbocycles. The van der Waals surface area contributed by atoms with Gasteiger partial charge in [-0.2, -0.15) is 0 Å². The van der Waals surface area contributed by atoms with Gasteiger partial charge in [0.15, 0.2) is 0 Å². The second kappa shape index (κ2) is 5.84. The molecule has 0 saturated carbocycles. The summed E-state index contributed by atoms with van der Waals surface area (Å²) in [4.78, 5) is 0. The van der Waals surface area contributed by atoms with E-state index in [1.165, 1.54) is 48.8 Å². The van der Waals surface area contributed by atoms with Gasteiger partial charge in [-0.05, 0) is 61.6 Å². The highest BCUT2D eigenvalue weighted by atomic mass is 79.9. The fourth-order valence-corrected chi connectivity index (χ4v) is 5.46. The first-order chi connectivity index (χ1) is 14.8. The maximum Gasteiger partial charge on any atom is 0.136 e. The molecule has 140 valence electrons. The zero-order valence-corrected chi connectivity index (χ0v) is 17.5. The van der Waals surface area contributed by atoms with Gasteiger partial charge < -0.3 is 4.42 Å². The minimum absolute atomic E-state index is 0.932. The Morgan fingerprint density at radius 1 is 0.467 bits per heavy atom. The van der Waals surface area contributed by atoms with E-state index in [0.29, 0.717) is 0 Å². The number of fused-ring (bicyclic) bond motifs is 3. The van der Waals surface area contributed by atoms with Crippen LogP contribution in [0.5, 0.6) is 0 Å². The number of furan rings is 1. The smallest absolute Gasteiger partial charge is 0.136 e. The molecule has 30 heavy (non-hydrogen) atoms. The highest BCUT2D eigenvalue weighted by Crippen LogP contribution is 2.44. The second-order valence-electron chi connectivity index (χ2n) is 7.86. The summed E-state index contributed by atoms with van der Waals surface area (Å²) in [6.45, 7) is 0. The third kappa shape index (κ3) is 2.07. The molecule has 2 heteroatoms. The maximum absolute atomic E-state index is 6.15. The maximum atomic E-state index is 6.15. The summed E-state index contributed by atoms with van der Waals surface area (Å²) in [5, 5.41) is 10.1. The summed E-state index contributed by atoms with van der Waals surface area (Å²) in [5.74, 6) is 0. The summed E-state index contributed by atoms with van der Waals surface area (Å²) in [5.41, 5.74) is 4.33. The third-order valence-corrected chi connectivity index (χ3v) is 7.00. The van der Waals surface area contributed by atoms with Crippen molar-refractivity contribution in [3.8, 4) is 11.1 Å². The van der Waals surface area contributed by atoms with Crippen molar-refractivity contribution in [3.63, 3.8) is 0 Å². The van der Waals surface area contributed by atoms with Gasteiger partial charge in [0.1, 0.15) is 11.2 Å². The minimum Gasteiger partial charge on any atom is -0.456 e. The summed E-state index contributed by atoms with van der Waals surface area (Å²) >= 11 is 3.75. The number of hydrogen-bond donors (Lipinski definition) is 0. The Bertz CT molecular complexity index is 1760. The third-order valence-electron chi connectivity index (χ3n) is 6.30. The molecular formula is C28H15BrO. The molecule has 0 aliphatic carbocycles. The SMILES string of the molecule is Brc1ccc2ccc3c(-c4cccc5oc6ccccc6c45)ccc4ccc1c2c43. The molecule has 1 nitrogen and oxygen atoms in total. The molecule has 0 N–H and O–H groups in total. The molecule has 0 atom stereocenters. The van der Waals surface area contributed by atoms with Crippen LogP contribution in [0.15, 0.2) is 99.9 Å². The Balaban J connectivity index is 1.68. The fraction of sp³-hybridized carbons (Fsp3) is 0. The largest absolute Gasteiger partial charge is 0.456 e. The molecule has 0 unspecified atom stereocenters. The molecule has 1 heterocycles. The highest BCUT2D eigenvalue weighted by Gasteiger charge is 2.17. The topological polar surface area (TPSA) is 13.1 Å². The van der Waals surface area contributed by atoms with Crippen LogP contribution in [0.1, 0.15) is 0 Å². The van der Waals surface area contributed by atoms with Crippen LogP contribution in [0.2, 0.25) is 0 Å². The van der Waals surface area contributed by atoms with E-state index in [-0.39, 0.29) is 0 Å². The van der Waals surface area contributed by atoms with Crippen LogP contribution in [-0.4, -0.2) is 0 Å². The number of para-hydroxylation sites is 1. The van der Waals surface area contributed by atoms with Crippen LogP contribution in [0, 0.1) is 0 Å². The zero-order chi connectivity index (χ0) is 19.8. The number of hydrogen-bond acceptors (Lipinski definition) is 1. The molecular weight excluding hydrogens is 432 g/mol. The molecule has 0 aliphatic rings. The lowest BCUT2D eigenvalue weighted by molar-refractivity contribution is 0.669. The summed E-state index contributed by atoms with van der Waals surface area (Å²) in [6.07, 6.45) is 0. The van der Waals surface area contributed by atoms with Crippen molar-refractivity contribution in [3.05, 3.63) is 95.5 Å². The van der Waals surface area contributed by atoms with E-state index in [2.05, 4.69) is 94.8 Å². The Labute approximate surface area is 181 Å². The first-order valence-corrected chi connectivity index (χ1v) is 10.9. The Kier molecular flexibility index (Phi) is 3.20. The first-order valence-electron chi connectivity index (χ1n) is 10.1. The standard InChI is InChI=1S/C28H15BrO/c29-23-15-11-17-9-13-20-18(12-8-16-10-14-21(23)27(17)26(16)20)19-5-3-7-25-28(19)22-4-1-2-6-24(22)30-25/h1-15H. The summed E-state index contributed by atoms with van der Waals surface area (Å²) in [6, 6.07) is 32.5. The van der Waals surface area contributed by atoms with E-state index in [1.54, 1.807) is 0 Å². The fourth-order valence-electron chi connectivity index (χ4n) is 5.00. The van der Waals surface area contributed by atoms with Gasteiger partial charge in [-0.15, -0.1) is 0 Å². The van der Waals surface area contributed by atoms with Gasteiger partial charge in [-0.3, -0.25) is 0 Å².